The number of hydrogen-bond acceptors (Lipinski definition) is 6. The Hall–Kier alpha value is -1.73. The Morgan fingerprint density at radius 1 is 1.52 bits per heavy atom. The second kappa shape index (κ2) is 6.05. The van der Waals surface area contributed by atoms with E-state index in [1.807, 2.05) is 4.90 Å². The lowest BCUT2D eigenvalue weighted by Crippen LogP contribution is -2.33. The van der Waals surface area contributed by atoms with Crippen LogP contribution in [0, 0.1) is 6.92 Å². The number of rotatable bonds is 3. The Morgan fingerprint density at radius 3 is 3.26 bits per heavy atom. The molecule has 0 aromatic carbocycles. The van der Waals surface area contributed by atoms with E-state index in [1.54, 1.807) is 18.3 Å². The molecule has 122 valence electrons. The summed E-state index contributed by atoms with van der Waals surface area (Å²) in [5, 5.41) is 6.08. The van der Waals surface area contributed by atoms with Gasteiger partial charge in [0.1, 0.15) is 6.10 Å². The van der Waals surface area contributed by atoms with Crippen molar-refractivity contribution in [2.45, 2.75) is 44.8 Å². The molecule has 23 heavy (non-hydrogen) atoms. The number of thiophene rings is 1. The van der Waals surface area contributed by atoms with E-state index in [0.29, 0.717) is 24.7 Å². The summed E-state index contributed by atoms with van der Waals surface area (Å²) in [5.74, 6) is 1.27. The van der Waals surface area contributed by atoms with E-state index in [0.717, 1.165) is 25.8 Å². The fourth-order valence-electron chi connectivity index (χ4n) is 3.43. The van der Waals surface area contributed by atoms with E-state index in [-0.39, 0.29) is 18.1 Å². The molecule has 6 nitrogen and oxygen atoms in total. The first-order chi connectivity index (χ1) is 11.2. The first kappa shape index (κ1) is 14.8. The Balaban J connectivity index is 1.49. The number of aromatic nitrogens is 2. The monoisotopic (exact) mass is 333 g/mol. The maximum atomic E-state index is 12.8. The van der Waals surface area contributed by atoms with Gasteiger partial charge in [0, 0.05) is 18.3 Å². The van der Waals surface area contributed by atoms with Crippen LogP contribution in [0.5, 0.6) is 0 Å². The molecule has 0 aliphatic carbocycles. The summed E-state index contributed by atoms with van der Waals surface area (Å²) < 4.78 is 10.9. The van der Waals surface area contributed by atoms with Gasteiger partial charge in [-0.05, 0) is 36.3 Å². The van der Waals surface area contributed by atoms with E-state index in [4.69, 9.17) is 9.26 Å². The lowest BCUT2D eigenvalue weighted by atomic mass is 10.0. The van der Waals surface area contributed by atoms with E-state index in [2.05, 4.69) is 21.6 Å². The molecule has 2 aliphatic rings. The second-order valence-corrected chi connectivity index (χ2v) is 6.99. The zero-order chi connectivity index (χ0) is 15.8. The Kier molecular flexibility index (Phi) is 3.90. The van der Waals surface area contributed by atoms with Crippen LogP contribution < -0.4 is 0 Å². The van der Waals surface area contributed by atoms with Crippen molar-refractivity contribution in [1.29, 1.82) is 0 Å². The predicted molar refractivity (Wildman–Crippen MR) is 84.1 cm³/mol. The fourth-order valence-corrected chi connectivity index (χ4v) is 4.44. The highest BCUT2D eigenvalue weighted by atomic mass is 32.1. The molecule has 1 saturated heterocycles. The number of carbonyl (C=O) groups excluding carboxylic acids is 1. The Bertz CT molecular complexity index is 711. The molecule has 0 unspecified atom stereocenters. The van der Waals surface area contributed by atoms with Crippen molar-refractivity contribution < 1.29 is 14.1 Å². The lowest BCUT2D eigenvalue weighted by molar-refractivity contribution is -0.135. The third-order valence-corrected chi connectivity index (χ3v) is 5.59. The first-order valence-corrected chi connectivity index (χ1v) is 8.88. The van der Waals surface area contributed by atoms with Crippen molar-refractivity contribution >= 4 is 17.2 Å². The van der Waals surface area contributed by atoms with Crippen molar-refractivity contribution in [1.82, 2.24) is 15.0 Å². The van der Waals surface area contributed by atoms with E-state index in [1.165, 1.54) is 10.4 Å². The van der Waals surface area contributed by atoms with Crippen LogP contribution in [0.15, 0.2) is 16.0 Å². The van der Waals surface area contributed by atoms with Gasteiger partial charge in [-0.3, -0.25) is 4.79 Å². The molecule has 2 aromatic heterocycles. The SMILES string of the molecule is Cc1nc([C@H]2CCCN2C(=O)C[C@H]2OCCc3ccsc32)no1. The first-order valence-electron chi connectivity index (χ1n) is 8.00. The maximum absolute atomic E-state index is 12.8. The van der Waals surface area contributed by atoms with Gasteiger partial charge in [-0.25, -0.2) is 0 Å². The molecule has 2 atom stereocenters. The normalized spacial score (nSPS) is 24.0. The molecule has 0 radical (unpaired) electrons. The Morgan fingerprint density at radius 2 is 2.43 bits per heavy atom. The van der Waals surface area contributed by atoms with E-state index in [9.17, 15) is 4.79 Å². The molecule has 4 rings (SSSR count). The molecule has 4 heterocycles. The summed E-state index contributed by atoms with van der Waals surface area (Å²) in [6.45, 7) is 3.21. The zero-order valence-electron chi connectivity index (χ0n) is 13.0. The summed E-state index contributed by atoms with van der Waals surface area (Å²) in [7, 11) is 0. The number of nitrogens with zero attached hydrogens (tertiary/aromatic N) is 3. The quantitative estimate of drug-likeness (QED) is 0.864. The summed E-state index contributed by atoms with van der Waals surface area (Å²) in [6.07, 6.45) is 3.08. The second-order valence-electron chi connectivity index (χ2n) is 6.04. The molecule has 1 fully saturated rings. The minimum Gasteiger partial charge on any atom is -0.372 e. The summed E-state index contributed by atoms with van der Waals surface area (Å²) in [6, 6.07) is 2.08. The van der Waals surface area contributed by atoms with Gasteiger partial charge in [0.2, 0.25) is 11.8 Å². The number of hydrogen-bond donors (Lipinski definition) is 0. The smallest absolute Gasteiger partial charge is 0.226 e. The van der Waals surface area contributed by atoms with Crippen molar-refractivity contribution in [3.8, 4) is 0 Å². The lowest BCUT2D eigenvalue weighted by Gasteiger charge is -2.27. The van der Waals surface area contributed by atoms with Crippen molar-refractivity contribution in [2.75, 3.05) is 13.2 Å². The average Bonchev–Trinajstić information content (AvgIpc) is 3.26. The molecular formula is C16H19N3O3S. The highest BCUT2D eigenvalue weighted by molar-refractivity contribution is 7.10. The molecule has 0 saturated carbocycles. The summed E-state index contributed by atoms with van der Waals surface area (Å²) >= 11 is 1.68. The van der Waals surface area contributed by atoms with Gasteiger partial charge in [-0.1, -0.05) is 5.16 Å². The van der Waals surface area contributed by atoms with E-state index < -0.39 is 0 Å². The van der Waals surface area contributed by atoms with Crippen LogP contribution in [0.3, 0.4) is 0 Å². The van der Waals surface area contributed by atoms with Crippen LogP contribution in [0.1, 0.15) is 53.6 Å². The van der Waals surface area contributed by atoms with E-state index >= 15 is 0 Å². The van der Waals surface area contributed by atoms with Gasteiger partial charge in [0.15, 0.2) is 5.82 Å². The summed E-state index contributed by atoms with van der Waals surface area (Å²) in [5.41, 5.74) is 1.32. The standard InChI is InChI=1S/C16H19N3O3S/c1-10-17-16(18-22-10)12-3-2-6-19(12)14(20)9-13-15-11(4-7-21-13)5-8-23-15/h5,8,12-13H,2-4,6-7,9H2,1H3/t12-,13-/m1/s1. The largest absolute Gasteiger partial charge is 0.372 e. The number of aryl methyl sites for hydroxylation is 1. The van der Waals surface area contributed by atoms with Crippen molar-refractivity contribution in [3.63, 3.8) is 0 Å². The van der Waals surface area contributed by atoms with Gasteiger partial charge >= 0.3 is 0 Å². The fraction of sp³-hybridized carbons (Fsp3) is 0.562. The highest BCUT2D eigenvalue weighted by Crippen LogP contribution is 2.36. The molecular weight excluding hydrogens is 314 g/mol. The predicted octanol–water partition coefficient (Wildman–Crippen LogP) is 2.81. The van der Waals surface area contributed by atoms with Crippen LogP contribution in [0.2, 0.25) is 0 Å². The third kappa shape index (κ3) is 2.79. The molecule has 1 amide bonds. The number of fused-ring (bicyclic) bond motifs is 1. The van der Waals surface area contributed by atoms with Crippen LogP contribution in [0.25, 0.3) is 0 Å². The minimum atomic E-state index is -0.112. The molecule has 0 spiro atoms. The zero-order valence-corrected chi connectivity index (χ0v) is 13.8. The van der Waals surface area contributed by atoms with Crippen LogP contribution in [0.4, 0.5) is 0 Å². The highest BCUT2D eigenvalue weighted by Gasteiger charge is 2.35. The molecule has 7 heteroatoms. The summed E-state index contributed by atoms with van der Waals surface area (Å²) in [4.78, 5) is 20.2. The number of carbonyl (C=O) groups is 1. The van der Waals surface area contributed by atoms with Crippen LogP contribution in [-0.4, -0.2) is 34.1 Å². The maximum Gasteiger partial charge on any atom is 0.226 e. The van der Waals surface area contributed by atoms with Crippen LogP contribution >= 0.6 is 11.3 Å². The van der Waals surface area contributed by atoms with Crippen LogP contribution in [-0.2, 0) is 16.0 Å². The van der Waals surface area contributed by atoms with Gasteiger partial charge in [-0.15, -0.1) is 11.3 Å². The number of likely N-dealkylation sites (tertiary alicyclic amines) is 1. The molecule has 0 bridgehead atoms. The number of amides is 1. The molecule has 0 N–H and O–H groups in total. The average molecular weight is 333 g/mol. The van der Waals surface area contributed by atoms with Gasteiger partial charge in [-0.2, -0.15) is 4.98 Å². The van der Waals surface area contributed by atoms with Gasteiger partial charge in [0.05, 0.1) is 19.1 Å². The van der Waals surface area contributed by atoms with Crippen molar-refractivity contribution in [3.05, 3.63) is 33.6 Å². The van der Waals surface area contributed by atoms with Gasteiger partial charge in [0.25, 0.3) is 0 Å². The topological polar surface area (TPSA) is 68.5 Å². The molecule has 2 aromatic rings. The van der Waals surface area contributed by atoms with Gasteiger partial charge < -0.3 is 14.2 Å². The number of ether oxygens (including phenoxy) is 1. The minimum absolute atomic E-state index is 0.0636. The Labute approximate surface area is 138 Å². The third-order valence-electron chi connectivity index (χ3n) is 4.54. The van der Waals surface area contributed by atoms with Crippen molar-refractivity contribution in [2.24, 2.45) is 0 Å². The molecule has 2 aliphatic heterocycles.